The SMILES string of the molecule is CCCN1C2=C(C(=O)CC(C)(C)C2)C(c2ccc(OCc3ccc(C)cc3)c(OC)c2)C2=C1CC(C)(C)CC2=O. The fourth-order valence-corrected chi connectivity index (χ4v) is 6.70. The monoisotopic (exact) mass is 541 g/mol. The van der Waals surface area contributed by atoms with Crippen molar-refractivity contribution in [2.24, 2.45) is 10.8 Å². The second-order valence-electron chi connectivity index (χ2n) is 13.4. The average Bonchev–Trinajstić information content (AvgIpc) is 2.87. The molecular formula is C35H43NO4. The van der Waals surface area contributed by atoms with Gasteiger partial charge in [0, 0.05) is 47.8 Å². The third kappa shape index (κ3) is 5.35. The number of nitrogens with zero attached hydrogens (tertiary/aromatic N) is 1. The van der Waals surface area contributed by atoms with Crippen molar-refractivity contribution in [2.75, 3.05) is 13.7 Å². The minimum Gasteiger partial charge on any atom is -0.493 e. The maximum absolute atomic E-state index is 13.9. The highest BCUT2D eigenvalue weighted by atomic mass is 16.5. The van der Waals surface area contributed by atoms with E-state index in [2.05, 4.69) is 70.7 Å². The van der Waals surface area contributed by atoms with Crippen LogP contribution in [0.5, 0.6) is 11.5 Å². The van der Waals surface area contributed by atoms with Crippen LogP contribution in [0.15, 0.2) is 65.0 Å². The Labute approximate surface area is 239 Å². The highest BCUT2D eigenvalue weighted by Crippen LogP contribution is 2.55. The third-order valence-corrected chi connectivity index (χ3v) is 8.50. The highest BCUT2D eigenvalue weighted by molar-refractivity contribution is 6.06. The molecule has 3 aliphatic rings. The number of ketones is 2. The van der Waals surface area contributed by atoms with Gasteiger partial charge in [0.05, 0.1) is 7.11 Å². The molecule has 0 spiro atoms. The summed E-state index contributed by atoms with van der Waals surface area (Å²) in [6.45, 7) is 14.2. The lowest BCUT2D eigenvalue weighted by molar-refractivity contribution is -0.119. The average molecular weight is 542 g/mol. The first-order chi connectivity index (χ1) is 18.9. The van der Waals surface area contributed by atoms with E-state index in [4.69, 9.17) is 9.47 Å². The van der Waals surface area contributed by atoms with Crippen LogP contribution in [0.25, 0.3) is 0 Å². The van der Waals surface area contributed by atoms with Crippen LogP contribution in [0.2, 0.25) is 0 Å². The van der Waals surface area contributed by atoms with Crippen LogP contribution < -0.4 is 9.47 Å². The topological polar surface area (TPSA) is 55.8 Å². The van der Waals surface area contributed by atoms with Gasteiger partial charge < -0.3 is 14.4 Å². The zero-order valence-electron chi connectivity index (χ0n) is 25.1. The van der Waals surface area contributed by atoms with Crippen LogP contribution in [0.3, 0.4) is 0 Å². The third-order valence-electron chi connectivity index (χ3n) is 8.50. The molecule has 5 heteroatoms. The predicted molar refractivity (Wildman–Crippen MR) is 158 cm³/mol. The van der Waals surface area contributed by atoms with E-state index in [-0.39, 0.29) is 28.3 Å². The smallest absolute Gasteiger partial charge is 0.162 e. The Morgan fingerprint density at radius 3 is 1.93 bits per heavy atom. The number of benzene rings is 2. The minimum atomic E-state index is -0.384. The molecule has 0 N–H and O–H groups in total. The Morgan fingerprint density at radius 1 is 0.825 bits per heavy atom. The van der Waals surface area contributed by atoms with E-state index in [1.165, 1.54) is 5.56 Å². The lowest BCUT2D eigenvalue weighted by Gasteiger charge is -2.49. The van der Waals surface area contributed by atoms with E-state index < -0.39 is 0 Å². The van der Waals surface area contributed by atoms with Gasteiger partial charge in [0.25, 0.3) is 0 Å². The molecule has 0 atom stereocenters. The van der Waals surface area contributed by atoms with Crippen molar-refractivity contribution in [1.82, 2.24) is 4.90 Å². The van der Waals surface area contributed by atoms with Crippen LogP contribution in [-0.4, -0.2) is 30.1 Å². The molecule has 0 fully saturated rings. The summed E-state index contributed by atoms with van der Waals surface area (Å²) in [6.07, 6.45) is 3.57. The summed E-state index contributed by atoms with van der Waals surface area (Å²) < 4.78 is 12.0. The van der Waals surface area contributed by atoms with E-state index in [0.29, 0.717) is 30.9 Å². The quantitative estimate of drug-likeness (QED) is 0.360. The summed E-state index contributed by atoms with van der Waals surface area (Å²) in [5.74, 6) is 1.17. The zero-order chi connectivity index (χ0) is 28.8. The molecule has 2 aromatic carbocycles. The number of rotatable bonds is 7. The van der Waals surface area contributed by atoms with Crippen molar-refractivity contribution < 1.29 is 19.1 Å². The van der Waals surface area contributed by atoms with Gasteiger partial charge >= 0.3 is 0 Å². The molecule has 212 valence electrons. The molecule has 5 nitrogen and oxygen atoms in total. The van der Waals surface area contributed by atoms with Gasteiger partial charge in [0.15, 0.2) is 23.1 Å². The number of ether oxygens (including phenoxy) is 2. The first kappa shape index (κ1) is 28.2. The minimum absolute atomic E-state index is 0.121. The largest absolute Gasteiger partial charge is 0.493 e. The molecule has 5 rings (SSSR count). The van der Waals surface area contributed by atoms with Crippen molar-refractivity contribution >= 4 is 11.6 Å². The maximum atomic E-state index is 13.9. The van der Waals surface area contributed by atoms with E-state index in [9.17, 15) is 9.59 Å². The summed E-state index contributed by atoms with van der Waals surface area (Å²) in [4.78, 5) is 30.2. The van der Waals surface area contributed by atoms with Gasteiger partial charge in [0.2, 0.25) is 0 Å². The van der Waals surface area contributed by atoms with Gasteiger partial charge in [-0.25, -0.2) is 0 Å². The molecule has 0 unspecified atom stereocenters. The van der Waals surface area contributed by atoms with E-state index in [1.807, 2.05) is 18.2 Å². The van der Waals surface area contributed by atoms with Crippen molar-refractivity contribution in [2.45, 2.75) is 86.2 Å². The highest BCUT2D eigenvalue weighted by Gasteiger charge is 2.48. The lowest BCUT2D eigenvalue weighted by Crippen LogP contribution is -2.44. The summed E-state index contributed by atoms with van der Waals surface area (Å²) in [5.41, 5.74) is 6.78. The number of methoxy groups -OCH3 is 1. The van der Waals surface area contributed by atoms with Gasteiger partial charge in [-0.3, -0.25) is 9.59 Å². The van der Waals surface area contributed by atoms with E-state index in [1.54, 1.807) is 7.11 Å². The Hall–Kier alpha value is -3.34. The molecular weight excluding hydrogens is 498 g/mol. The molecule has 0 amide bonds. The van der Waals surface area contributed by atoms with Gasteiger partial charge in [0.1, 0.15) is 6.61 Å². The number of carbonyl (C=O) groups is 2. The Bertz CT molecular complexity index is 1340. The molecule has 0 saturated carbocycles. The van der Waals surface area contributed by atoms with Crippen molar-refractivity contribution in [3.05, 3.63) is 81.7 Å². The van der Waals surface area contributed by atoms with Crippen LogP contribution in [0.4, 0.5) is 0 Å². The Morgan fingerprint density at radius 2 is 1.40 bits per heavy atom. The van der Waals surface area contributed by atoms with Crippen molar-refractivity contribution in [3.8, 4) is 11.5 Å². The molecule has 0 radical (unpaired) electrons. The number of aryl methyl sites for hydroxylation is 1. The van der Waals surface area contributed by atoms with Gasteiger partial charge in [-0.05, 0) is 60.3 Å². The summed E-state index contributed by atoms with van der Waals surface area (Å²) in [5, 5.41) is 0. The molecule has 0 saturated heterocycles. The first-order valence-electron chi connectivity index (χ1n) is 14.6. The number of hydrogen-bond donors (Lipinski definition) is 0. The Kier molecular flexibility index (Phi) is 7.45. The van der Waals surface area contributed by atoms with Gasteiger partial charge in [-0.15, -0.1) is 0 Å². The molecule has 2 aromatic rings. The second-order valence-corrected chi connectivity index (χ2v) is 13.4. The van der Waals surface area contributed by atoms with Gasteiger partial charge in [-0.2, -0.15) is 0 Å². The predicted octanol–water partition coefficient (Wildman–Crippen LogP) is 7.68. The lowest BCUT2D eigenvalue weighted by atomic mass is 9.63. The number of Topliss-reactive ketones (excluding diaryl/α,β-unsaturated/α-hetero) is 2. The maximum Gasteiger partial charge on any atom is 0.162 e. The number of allylic oxidation sites excluding steroid dienone is 4. The standard InChI is InChI=1S/C35H43NO4/c1-8-15-36-25-17-34(3,4)19-27(37)32(25)31(33-26(36)18-35(5,6)20-28(33)38)24-13-14-29(30(16-24)39-7)40-21-23-11-9-22(2)10-12-23/h9-14,16,31H,8,15,17-21H2,1-7H3. The van der Waals surface area contributed by atoms with Gasteiger partial charge in [-0.1, -0.05) is 70.5 Å². The molecule has 40 heavy (non-hydrogen) atoms. The number of hydrogen-bond acceptors (Lipinski definition) is 5. The summed E-state index contributed by atoms with van der Waals surface area (Å²) in [7, 11) is 1.64. The normalized spacial score (nSPS) is 20.4. The fourth-order valence-electron chi connectivity index (χ4n) is 6.70. The molecule has 1 aliphatic heterocycles. The van der Waals surface area contributed by atoms with E-state index >= 15 is 0 Å². The first-order valence-corrected chi connectivity index (χ1v) is 14.6. The zero-order valence-corrected chi connectivity index (χ0v) is 25.1. The second kappa shape index (κ2) is 10.6. The summed E-state index contributed by atoms with van der Waals surface area (Å²) in [6, 6.07) is 14.2. The molecule has 0 aromatic heterocycles. The van der Waals surface area contributed by atoms with Crippen molar-refractivity contribution in [1.29, 1.82) is 0 Å². The molecule has 0 bridgehead atoms. The summed E-state index contributed by atoms with van der Waals surface area (Å²) >= 11 is 0. The van der Waals surface area contributed by atoms with Crippen LogP contribution in [0, 0.1) is 17.8 Å². The van der Waals surface area contributed by atoms with Crippen LogP contribution in [-0.2, 0) is 16.2 Å². The molecule has 2 aliphatic carbocycles. The van der Waals surface area contributed by atoms with Crippen LogP contribution in [0.1, 0.15) is 89.3 Å². The number of carbonyl (C=O) groups excluding carboxylic acids is 2. The molecule has 1 heterocycles. The fraction of sp³-hybridized carbons (Fsp3) is 0.486. The van der Waals surface area contributed by atoms with Crippen molar-refractivity contribution in [3.63, 3.8) is 0 Å². The van der Waals surface area contributed by atoms with Crippen LogP contribution >= 0.6 is 0 Å². The van der Waals surface area contributed by atoms with E-state index in [0.717, 1.165) is 59.5 Å². The Balaban J connectivity index is 1.61.